The van der Waals surface area contributed by atoms with Crippen molar-refractivity contribution in [3.63, 3.8) is 0 Å². The number of para-hydroxylation sites is 1. The SMILES string of the molecule is O=C(CCSCc1cccc(Br)c1)Nc1ccccc1F. The zero-order valence-corrected chi connectivity index (χ0v) is 13.7. The quantitative estimate of drug-likeness (QED) is 0.739. The molecule has 0 spiro atoms. The van der Waals surface area contributed by atoms with Gasteiger partial charge in [-0.3, -0.25) is 4.79 Å². The van der Waals surface area contributed by atoms with Gasteiger partial charge in [-0.25, -0.2) is 4.39 Å². The van der Waals surface area contributed by atoms with Gasteiger partial charge in [0.2, 0.25) is 5.91 Å². The lowest BCUT2D eigenvalue weighted by Gasteiger charge is -2.06. The molecule has 0 aromatic heterocycles. The maximum Gasteiger partial charge on any atom is 0.225 e. The normalized spacial score (nSPS) is 10.4. The van der Waals surface area contributed by atoms with Crippen LogP contribution in [0.15, 0.2) is 53.0 Å². The molecular formula is C16H15BrFNOS. The summed E-state index contributed by atoms with van der Waals surface area (Å²) in [5.41, 5.74) is 1.45. The van der Waals surface area contributed by atoms with Crippen LogP contribution in [0.5, 0.6) is 0 Å². The number of thioether (sulfide) groups is 1. The van der Waals surface area contributed by atoms with E-state index in [4.69, 9.17) is 0 Å². The summed E-state index contributed by atoms with van der Waals surface area (Å²) in [5.74, 6) is 0.980. The van der Waals surface area contributed by atoms with Crippen molar-refractivity contribution in [2.45, 2.75) is 12.2 Å². The van der Waals surface area contributed by atoms with Crippen LogP contribution in [0.2, 0.25) is 0 Å². The minimum Gasteiger partial charge on any atom is -0.324 e. The maximum absolute atomic E-state index is 13.4. The summed E-state index contributed by atoms with van der Waals surface area (Å²) in [6.45, 7) is 0. The number of hydrogen-bond donors (Lipinski definition) is 1. The van der Waals surface area contributed by atoms with Crippen LogP contribution in [-0.4, -0.2) is 11.7 Å². The van der Waals surface area contributed by atoms with E-state index in [1.807, 2.05) is 12.1 Å². The van der Waals surface area contributed by atoms with Gasteiger partial charge < -0.3 is 5.32 Å². The van der Waals surface area contributed by atoms with Crippen LogP contribution in [0, 0.1) is 5.82 Å². The van der Waals surface area contributed by atoms with Crippen LogP contribution in [-0.2, 0) is 10.5 Å². The molecule has 0 saturated heterocycles. The van der Waals surface area contributed by atoms with Crippen molar-refractivity contribution >= 4 is 39.3 Å². The third-order valence-corrected chi connectivity index (χ3v) is 4.30. The van der Waals surface area contributed by atoms with Gasteiger partial charge in [0.15, 0.2) is 0 Å². The number of carbonyl (C=O) groups is 1. The Morgan fingerprint density at radius 3 is 2.76 bits per heavy atom. The Kier molecular flexibility index (Phi) is 6.26. The van der Waals surface area contributed by atoms with E-state index in [0.29, 0.717) is 12.2 Å². The van der Waals surface area contributed by atoms with E-state index in [0.717, 1.165) is 10.2 Å². The predicted octanol–water partition coefficient (Wildman–Crippen LogP) is 4.85. The van der Waals surface area contributed by atoms with Gasteiger partial charge in [0.1, 0.15) is 5.82 Å². The summed E-state index contributed by atoms with van der Waals surface area (Å²) >= 11 is 5.11. The highest BCUT2D eigenvalue weighted by Crippen LogP contribution is 2.18. The van der Waals surface area contributed by atoms with Crippen molar-refractivity contribution in [2.24, 2.45) is 0 Å². The van der Waals surface area contributed by atoms with E-state index < -0.39 is 5.82 Å². The van der Waals surface area contributed by atoms with E-state index >= 15 is 0 Å². The van der Waals surface area contributed by atoms with Crippen LogP contribution in [0.3, 0.4) is 0 Å². The number of anilines is 1. The van der Waals surface area contributed by atoms with E-state index in [9.17, 15) is 9.18 Å². The minimum atomic E-state index is -0.410. The summed E-state index contributed by atoms with van der Waals surface area (Å²) < 4.78 is 14.4. The van der Waals surface area contributed by atoms with Gasteiger partial charge in [0, 0.05) is 22.4 Å². The van der Waals surface area contributed by atoms with Gasteiger partial charge in [0.25, 0.3) is 0 Å². The van der Waals surface area contributed by atoms with E-state index in [1.54, 1.807) is 30.0 Å². The molecule has 5 heteroatoms. The molecule has 0 aliphatic rings. The minimum absolute atomic E-state index is 0.165. The first-order chi connectivity index (χ1) is 10.1. The standard InChI is InChI=1S/C16H15BrFNOS/c17-13-5-3-4-12(10-13)11-21-9-8-16(20)19-15-7-2-1-6-14(15)18/h1-7,10H,8-9,11H2,(H,19,20). The molecule has 0 atom stereocenters. The highest BCUT2D eigenvalue weighted by molar-refractivity contribution is 9.10. The Labute approximate surface area is 136 Å². The Hall–Kier alpha value is -1.33. The first-order valence-electron chi connectivity index (χ1n) is 6.52. The molecule has 0 aliphatic heterocycles. The smallest absolute Gasteiger partial charge is 0.225 e. The number of rotatable bonds is 6. The second-order valence-electron chi connectivity index (χ2n) is 4.46. The number of halogens is 2. The largest absolute Gasteiger partial charge is 0.324 e. The van der Waals surface area contributed by atoms with Gasteiger partial charge >= 0.3 is 0 Å². The molecule has 2 nitrogen and oxygen atoms in total. The second-order valence-corrected chi connectivity index (χ2v) is 6.48. The van der Waals surface area contributed by atoms with Crippen molar-refractivity contribution in [3.05, 3.63) is 64.4 Å². The van der Waals surface area contributed by atoms with Gasteiger partial charge in [-0.2, -0.15) is 11.8 Å². The molecule has 0 unspecified atom stereocenters. The number of hydrogen-bond acceptors (Lipinski definition) is 2. The molecule has 2 rings (SSSR count). The molecule has 0 radical (unpaired) electrons. The summed E-state index contributed by atoms with van der Waals surface area (Å²) in [6.07, 6.45) is 0.368. The van der Waals surface area contributed by atoms with Crippen molar-refractivity contribution < 1.29 is 9.18 Å². The van der Waals surface area contributed by atoms with Gasteiger partial charge in [-0.15, -0.1) is 0 Å². The van der Waals surface area contributed by atoms with Crippen molar-refractivity contribution in [2.75, 3.05) is 11.1 Å². The molecule has 0 saturated carbocycles. The van der Waals surface area contributed by atoms with Crippen LogP contribution < -0.4 is 5.32 Å². The third kappa shape index (κ3) is 5.52. The summed E-state index contributed by atoms with van der Waals surface area (Å²) in [7, 11) is 0. The van der Waals surface area contributed by atoms with Crippen molar-refractivity contribution in [3.8, 4) is 0 Å². The zero-order valence-electron chi connectivity index (χ0n) is 11.3. The highest BCUT2D eigenvalue weighted by atomic mass is 79.9. The fraction of sp³-hybridized carbons (Fsp3) is 0.188. The van der Waals surface area contributed by atoms with E-state index in [2.05, 4.69) is 33.4 Å². The van der Waals surface area contributed by atoms with Crippen molar-refractivity contribution in [1.29, 1.82) is 0 Å². The monoisotopic (exact) mass is 367 g/mol. The zero-order chi connectivity index (χ0) is 15.1. The Balaban J connectivity index is 1.71. The fourth-order valence-corrected chi connectivity index (χ4v) is 3.09. The highest BCUT2D eigenvalue weighted by Gasteiger charge is 2.06. The molecule has 1 amide bonds. The first kappa shape index (κ1) is 16.0. The number of nitrogens with one attached hydrogen (secondary N) is 1. The van der Waals surface area contributed by atoms with Crippen molar-refractivity contribution in [1.82, 2.24) is 0 Å². The van der Waals surface area contributed by atoms with Crippen LogP contribution in [0.4, 0.5) is 10.1 Å². The summed E-state index contributed by atoms with van der Waals surface area (Å²) in [4.78, 5) is 11.7. The van der Waals surface area contributed by atoms with E-state index in [1.165, 1.54) is 11.6 Å². The first-order valence-corrected chi connectivity index (χ1v) is 8.46. The third-order valence-electron chi connectivity index (χ3n) is 2.78. The maximum atomic E-state index is 13.4. The molecule has 21 heavy (non-hydrogen) atoms. The average molecular weight is 368 g/mol. The molecule has 2 aromatic carbocycles. The van der Waals surface area contributed by atoms with Gasteiger partial charge in [-0.1, -0.05) is 40.2 Å². The lowest BCUT2D eigenvalue weighted by Crippen LogP contribution is -2.13. The lowest BCUT2D eigenvalue weighted by molar-refractivity contribution is -0.115. The van der Waals surface area contributed by atoms with Gasteiger partial charge in [0.05, 0.1) is 5.69 Å². The predicted molar refractivity (Wildman–Crippen MR) is 90.0 cm³/mol. The molecule has 2 aromatic rings. The summed E-state index contributed by atoms with van der Waals surface area (Å²) in [6, 6.07) is 14.3. The van der Waals surface area contributed by atoms with Gasteiger partial charge in [-0.05, 0) is 29.8 Å². The van der Waals surface area contributed by atoms with Crippen LogP contribution in [0.25, 0.3) is 0 Å². The summed E-state index contributed by atoms with van der Waals surface area (Å²) in [5, 5.41) is 2.58. The van der Waals surface area contributed by atoms with Crippen LogP contribution >= 0.6 is 27.7 Å². The number of benzene rings is 2. The molecule has 110 valence electrons. The van der Waals surface area contributed by atoms with Crippen LogP contribution in [0.1, 0.15) is 12.0 Å². The topological polar surface area (TPSA) is 29.1 Å². The molecule has 1 N–H and O–H groups in total. The molecule has 0 heterocycles. The Morgan fingerprint density at radius 1 is 1.19 bits per heavy atom. The Morgan fingerprint density at radius 2 is 2.00 bits per heavy atom. The van der Waals surface area contributed by atoms with E-state index in [-0.39, 0.29) is 11.6 Å². The fourth-order valence-electron chi connectivity index (χ4n) is 1.76. The number of carbonyl (C=O) groups excluding carboxylic acids is 1. The molecule has 0 aliphatic carbocycles. The molecule has 0 fully saturated rings. The molecule has 0 bridgehead atoms. The second kappa shape index (κ2) is 8.20. The molecular weight excluding hydrogens is 353 g/mol. The number of amides is 1. The average Bonchev–Trinajstić information content (AvgIpc) is 2.46. The lowest BCUT2D eigenvalue weighted by atomic mass is 10.2. The Bertz CT molecular complexity index is 621.